The zero-order chi connectivity index (χ0) is 27.2. The third-order valence-electron chi connectivity index (χ3n) is 5.82. The lowest BCUT2D eigenvalue weighted by atomic mass is 10.1. The van der Waals surface area contributed by atoms with E-state index in [0.717, 1.165) is 17.0 Å². The number of carbonyl (C=O) groups excluding carboxylic acids is 2. The third-order valence-corrected chi connectivity index (χ3v) is 7.67. The summed E-state index contributed by atoms with van der Waals surface area (Å²) >= 11 is 12.8. The van der Waals surface area contributed by atoms with Crippen LogP contribution in [0.4, 0.5) is 5.69 Å². The Morgan fingerprint density at radius 1 is 1.05 bits per heavy atom. The molecule has 0 spiro atoms. The molecule has 0 unspecified atom stereocenters. The lowest BCUT2D eigenvalue weighted by molar-refractivity contribution is -0.140. The fourth-order valence-corrected chi connectivity index (χ4v) is 5.30. The number of ether oxygens (including phenoxy) is 2. The standard InChI is InChI=1S/C25H31Cl2N3O6S/c1-4-11-28-25(32)21(5-2)29(15-18-19(26)7-6-8-20(18)27)24(31)16-30(37(3,33)34)17-9-10-22-23(14-17)36-13-12-35-22/h6-10,14,21H,4-5,11-13,15-16H2,1-3H3,(H,28,32)/t21-/m1/s1. The van der Waals surface area contributed by atoms with Crippen LogP contribution in [-0.2, 0) is 26.2 Å². The van der Waals surface area contributed by atoms with Gasteiger partial charge in [-0.05, 0) is 37.1 Å². The van der Waals surface area contributed by atoms with Crippen LogP contribution in [0.3, 0.4) is 0 Å². The second-order valence-corrected chi connectivity index (χ2v) is 11.3. The fraction of sp³-hybridized carbons (Fsp3) is 0.440. The maximum atomic E-state index is 13.8. The van der Waals surface area contributed by atoms with Crippen molar-refractivity contribution in [3.05, 3.63) is 52.0 Å². The van der Waals surface area contributed by atoms with Crippen LogP contribution in [0, 0.1) is 0 Å². The van der Waals surface area contributed by atoms with Gasteiger partial charge in [0, 0.05) is 34.8 Å². The Labute approximate surface area is 227 Å². The molecule has 0 radical (unpaired) electrons. The Kier molecular flexibility index (Phi) is 9.92. The molecule has 1 aliphatic heterocycles. The second-order valence-electron chi connectivity index (χ2n) is 8.53. The summed E-state index contributed by atoms with van der Waals surface area (Å²) in [7, 11) is -3.89. The molecule has 9 nitrogen and oxygen atoms in total. The number of amides is 2. The Hall–Kier alpha value is -2.69. The molecule has 12 heteroatoms. The highest BCUT2D eigenvalue weighted by Crippen LogP contribution is 2.35. The Bertz CT molecular complexity index is 1220. The highest BCUT2D eigenvalue weighted by Gasteiger charge is 2.32. The third kappa shape index (κ3) is 7.21. The first-order chi connectivity index (χ1) is 17.6. The van der Waals surface area contributed by atoms with E-state index in [0.29, 0.717) is 53.3 Å². The monoisotopic (exact) mass is 571 g/mol. The number of carbonyl (C=O) groups is 2. The van der Waals surface area contributed by atoms with Gasteiger partial charge in [0.1, 0.15) is 25.8 Å². The summed E-state index contributed by atoms with van der Waals surface area (Å²) in [6.07, 6.45) is 2.03. The number of anilines is 1. The highest BCUT2D eigenvalue weighted by atomic mass is 35.5. The van der Waals surface area contributed by atoms with Crippen LogP contribution < -0.4 is 19.1 Å². The van der Waals surface area contributed by atoms with Crippen LogP contribution >= 0.6 is 23.2 Å². The maximum absolute atomic E-state index is 13.8. The number of benzene rings is 2. The van der Waals surface area contributed by atoms with E-state index >= 15 is 0 Å². The van der Waals surface area contributed by atoms with Crippen molar-refractivity contribution in [2.45, 2.75) is 39.3 Å². The topological polar surface area (TPSA) is 105 Å². The first-order valence-electron chi connectivity index (χ1n) is 11.9. The van der Waals surface area contributed by atoms with Gasteiger partial charge < -0.3 is 19.7 Å². The Morgan fingerprint density at radius 2 is 1.70 bits per heavy atom. The van der Waals surface area contributed by atoms with Gasteiger partial charge in [-0.2, -0.15) is 0 Å². The molecule has 0 aliphatic carbocycles. The van der Waals surface area contributed by atoms with Crippen LogP contribution in [0.2, 0.25) is 10.0 Å². The summed E-state index contributed by atoms with van der Waals surface area (Å²) in [5.41, 5.74) is 0.700. The average molecular weight is 573 g/mol. The van der Waals surface area contributed by atoms with E-state index in [9.17, 15) is 18.0 Å². The van der Waals surface area contributed by atoms with Crippen molar-refractivity contribution in [1.82, 2.24) is 10.2 Å². The smallest absolute Gasteiger partial charge is 0.244 e. The Morgan fingerprint density at radius 3 is 2.30 bits per heavy atom. The molecular weight excluding hydrogens is 541 g/mol. The lowest BCUT2D eigenvalue weighted by Crippen LogP contribution is -2.52. The number of hydrogen-bond donors (Lipinski definition) is 1. The van der Waals surface area contributed by atoms with Crippen molar-refractivity contribution in [2.75, 3.05) is 36.9 Å². The van der Waals surface area contributed by atoms with E-state index in [4.69, 9.17) is 32.7 Å². The molecule has 0 aromatic heterocycles. The number of sulfonamides is 1. The van der Waals surface area contributed by atoms with Crippen LogP contribution in [0.5, 0.6) is 11.5 Å². The predicted molar refractivity (Wildman–Crippen MR) is 144 cm³/mol. The maximum Gasteiger partial charge on any atom is 0.244 e. The lowest BCUT2D eigenvalue weighted by Gasteiger charge is -2.33. The van der Waals surface area contributed by atoms with Crippen molar-refractivity contribution in [2.24, 2.45) is 0 Å². The van der Waals surface area contributed by atoms with Gasteiger partial charge >= 0.3 is 0 Å². The number of nitrogens with one attached hydrogen (secondary N) is 1. The fourth-order valence-electron chi connectivity index (χ4n) is 3.94. The van der Waals surface area contributed by atoms with Crippen molar-refractivity contribution in [1.29, 1.82) is 0 Å². The molecule has 37 heavy (non-hydrogen) atoms. The van der Waals surface area contributed by atoms with Gasteiger partial charge in [0.15, 0.2) is 11.5 Å². The first kappa shape index (κ1) is 28.9. The minimum absolute atomic E-state index is 0.0753. The molecule has 3 rings (SSSR count). The molecule has 0 bridgehead atoms. The number of fused-ring (bicyclic) bond motifs is 1. The zero-order valence-electron chi connectivity index (χ0n) is 21.0. The largest absolute Gasteiger partial charge is 0.486 e. The van der Waals surface area contributed by atoms with Crippen molar-refractivity contribution in [3.8, 4) is 11.5 Å². The molecule has 1 N–H and O–H groups in total. The van der Waals surface area contributed by atoms with E-state index in [1.165, 1.54) is 11.0 Å². The normalized spacial score (nSPS) is 13.5. The van der Waals surface area contributed by atoms with E-state index < -0.39 is 28.5 Å². The summed E-state index contributed by atoms with van der Waals surface area (Å²) in [5.74, 6) is -0.0562. The van der Waals surface area contributed by atoms with Crippen molar-refractivity contribution >= 4 is 50.7 Å². The van der Waals surface area contributed by atoms with Crippen LogP contribution in [0.1, 0.15) is 32.3 Å². The molecule has 2 amide bonds. The SMILES string of the molecule is CCCNC(=O)[C@@H](CC)N(Cc1c(Cl)cccc1Cl)C(=O)CN(c1ccc2c(c1)OCCO2)S(C)(=O)=O. The zero-order valence-corrected chi connectivity index (χ0v) is 23.3. The summed E-state index contributed by atoms with van der Waals surface area (Å²) in [4.78, 5) is 28.1. The van der Waals surface area contributed by atoms with Gasteiger partial charge in [0.25, 0.3) is 0 Å². The van der Waals surface area contributed by atoms with Crippen LogP contribution in [-0.4, -0.2) is 63.7 Å². The number of rotatable bonds is 11. The predicted octanol–water partition coefficient (Wildman–Crippen LogP) is 3.86. The molecule has 0 saturated heterocycles. The van der Waals surface area contributed by atoms with Gasteiger partial charge in [-0.1, -0.05) is 43.1 Å². The van der Waals surface area contributed by atoms with Crippen molar-refractivity contribution < 1.29 is 27.5 Å². The van der Waals surface area contributed by atoms with E-state index in [-0.39, 0.29) is 18.1 Å². The quantitative estimate of drug-likeness (QED) is 0.439. The number of halogens is 2. The van der Waals surface area contributed by atoms with Crippen LogP contribution in [0.25, 0.3) is 0 Å². The molecule has 1 atom stereocenters. The van der Waals surface area contributed by atoms with E-state index in [1.54, 1.807) is 37.3 Å². The van der Waals surface area contributed by atoms with Gasteiger partial charge in [-0.25, -0.2) is 8.42 Å². The molecule has 1 aliphatic rings. The molecule has 0 fully saturated rings. The summed E-state index contributed by atoms with van der Waals surface area (Å²) in [5, 5.41) is 3.49. The molecule has 2 aromatic carbocycles. The second kappa shape index (κ2) is 12.7. The Balaban J connectivity index is 1.98. The molecule has 1 heterocycles. The van der Waals surface area contributed by atoms with Gasteiger partial charge in [-0.15, -0.1) is 0 Å². The highest BCUT2D eigenvalue weighted by molar-refractivity contribution is 7.92. The van der Waals surface area contributed by atoms with E-state index in [1.807, 2.05) is 6.92 Å². The minimum atomic E-state index is -3.89. The minimum Gasteiger partial charge on any atom is -0.486 e. The summed E-state index contributed by atoms with van der Waals surface area (Å²) in [6, 6.07) is 8.75. The van der Waals surface area contributed by atoms with Gasteiger partial charge in [-0.3, -0.25) is 13.9 Å². The van der Waals surface area contributed by atoms with Crippen molar-refractivity contribution in [3.63, 3.8) is 0 Å². The average Bonchev–Trinajstić information content (AvgIpc) is 2.86. The summed E-state index contributed by atoms with van der Waals surface area (Å²) < 4.78 is 37.7. The van der Waals surface area contributed by atoms with Gasteiger partial charge in [0.2, 0.25) is 21.8 Å². The number of hydrogen-bond acceptors (Lipinski definition) is 6. The number of nitrogens with zero attached hydrogens (tertiary/aromatic N) is 2. The van der Waals surface area contributed by atoms with Gasteiger partial charge in [0.05, 0.1) is 11.9 Å². The first-order valence-corrected chi connectivity index (χ1v) is 14.5. The van der Waals surface area contributed by atoms with Crippen LogP contribution in [0.15, 0.2) is 36.4 Å². The molecular formula is C25H31Cl2N3O6S. The summed E-state index contributed by atoms with van der Waals surface area (Å²) in [6.45, 7) is 4.23. The molecule has 202 valence electrons. The molecule has 2 aromatic rings. The molecule has 0 saturated carbocycles. The van der Waals surface area contributed by atoms with E-state index in [2.05, 4.69) is 5.32 Å².